The Morgan fingerprint density at radius 3 is 2.67 bits per heavy atom. The van der Waals surface area contributed by atoms with E-state index in [1.54, 1.807) is 19.2 Å². The van der Waals surface area contributed by atoms with E-state index in [-0.39, 0.29) is 17.2 Å². The van der Waals surface area contributed by atoms with Crippen LogP contribution in [0, 0.1) is 0 Å². The predicted octanol–water partition coefficient (Wildman–Crippen LogP) is 4.60. The number of aliphatic hydroxyl groups excluding tert-OH is 1. The highest BCUT2D eigenvalue weighted by atomic mass is 19.4. The van der Waals surface area contributed by atoms with Gasteiger partial charge in [-0.15, -0.1) is 0 Å². The Morgan fingerprint density at radius 2 is 2.06 bits per heavy atom. The van der Waals surface area contributed by atoms with Crippen molar-refractivity contribution in [2.75, 3.05) is 18.0 Å². The molecule has 1 aliphatic carbocycles. The molecule has 7 nitrogen and oxygen atoms in total. The Labute approximate surface area is 188 Å². The number of anilines is 1. The summed E-state index contributed by atoms with van der Waals surface area (Å²) in [4.78, 5) is 22.0. The lowest BCUT2D eigenvalue weighted by Gasteiger charge is -2.21. The van der Waals surface area contributed by atoms with Crippen LogP contribution in [-0.2, 0) is 6.18 Å². The summed E-state index contributed by atoms with van der Waals surface area (Å²) in [5.41, 5.74) is 1.41. The van der Waals surface area contributed by atoms with Crippen molar-refractivity contribution < 1.29 is 18.3 Å². The molecule has 1 unspecified atom stereocenters. The molecule has 3 aromatic rings. The van der Waals surface area contributed by atoms with E-state index in [0.717, 1.165) is 29.9 Å². The first-order valence-corrected chi connectivity index (χ1v) is 10.8. The van der Waals surface area contributed by atoms with Crippen LogP contribution in [-0.4, -0.2) is 51.0 Å². The number of halogens is 3. The largest absolute Gasteiger partial charge is 0.431 e. The van der Waals surface area contributed by atoms with Crippen LogP contribution in [0.3, 0.4) is 0 Å². The Hall–Kier alpha value is -3.27. The summed E-state index contributed by atoms with van der Waals surface area (Å²) in [7, 11) is 0. The summed E-state index contributed by atoms with van der Waals surface area (Å²) in [6.45, 7) is 6.19. The molecule has 0 bridgehead atoms. The third kappa shape index (κ3) is 3.88. The molecule has 4 heterocycles. The molecular formula is C23H23F3N6O. The van der Waals surface area contributed by atoms with Crippen LogP contribution in [0.15, 0.2) is 29.5 Å². The Balaban J connectivity index is 1.70. The number of H-pyrrole nitrogens is 1. The normalized spacial score (nSPS) is 19.5. The van der Waals surface area contributed by atoms with Gasteiger partial charge in [0.05, 0.1) is 17.8 Å². The summed E-state index contributed by atoms with van der Waals surface area (Å²) < 4.78 is 40.0. The number of aliphatic imine (C=N–C) groups is 1. The molecule has 0 spiro atoms. The van der Waals surface area contributed by atoms with Gasteiger partial charge in [0.2, 0.25) is 0 Å². The van der Waals surface area contributed by atoms with Crippen molar-refractivity contribution in [1.29, 1.82) is 0 Å². The summed E-state index contributed by atoms with van der Waals surface area (Å²) >= 11 is 0. The van der Waals surface area contributed by atoms with Gasteiger partial charge in [-0.1, -0.05) is 6.08 Å². The second-order valence-electron chi connectivity index (χ2n) is 8.46. The highest BCUT2D eigenvalue weighted by Crippen LogP contribution is 2.45. The van der Waals surface area contributed by atoms with Crippen LogP contribution in [0.25, 0.3) is 16.5 Å². The molecule has 33 heavy (non-hydrogen) atoms. The van der Waals surface area contributed by atoms with Crippen LogP contribution in [0.2, 0.25) is 0 Å². The summed E-state index contributed by atoms with van der Waals surface area (Å²) in [5.74, 6) is 1.35. The molecule has 0 aromatic carbocycles. The number of aromatic amines is 1. The van der Waals surface area contributed by atoms with E-state index in [9.17, 15) is 18.3 Å². The molecule has 5 rings (SSSR count). The minimum absolute atomic E-state index is 0.00197. The zero-order valence-electron chi connectivity index (χ0n) is 18.0. The number of aromatic nitrogens is 4. The van der Waals surface area contributed by atoms with E-state index >= 15 is 0 Å². The lowest BCUT2D eigenvalue weighted by atomic mass is 10.0. The molecule has 3 aromatic heterocycles. The van der Waals surface area contributed by atoms with Gasteiger partial charge in [0.15, 0.2) is 5.82 Å². The number of hydrogen-bond donors (Lipinski definition) is 2. The van der Waals surface area contributed by atoms with E-state index in [0.29, 0.717) is 42.3 Å². The average Bonchev–Trinajstić information content (AvgIpc) is 3.39. The van der Waals surface area contributed by atoms with Crippen LogP contribution >= 0.6 is 0 Å². The van der Waals surface area contributed by atoms with E-state index in [4.69, 9.17) is 9.97 Å². The van der Waals surface area contributed by atoms with Gasteiger partial charge in [0.25, 0.3) is 0 Å². The van der Waals surface area contributed by atoms with Crippen LogP contribution in [0.1, 0.15) is 54.7 Å². The number of nitrogens with one attached hydrogen (secondary N) is 1. The Kier molecular flexibility index (Phi) is 5.19. The molecule has 0 amide bonds. The lowest BCUT2D eigenvalue weighted by Crippen LogP contribution is -2.23. The van der Waals surface area contributed by atoms with Crippen LogP contribution in [0.5, 0.6) is 0 Å². The quantitative estimate of drug-likeness (QED) is 0.548. The highest BCUT2D eigenvalue weighted by molar-refractivity contribution is 5.95. The first kappa shape index (κ1) is 21.6. The van der Waals surface area contributed by atoms with Crippen molar-refractivity contribution in [3.63, 3.8) is 0 Å². The number of aliphatic hydroxyl groups is 1. The maximum atomic E-state index is 13.3. The van der Waals surface area contributed by atoms with Gasteiger partial charge in [-0.2, -0.15) is 13.2 Å². The molecule has 1 saturated carbocycles. The molecule has 2 fully saturated rings. The molecule has 172 valence electrons. The topological polar surface area (TPSA) is 90.3 Å². The van der Waals surface area contributed by atoms with Crippen molar-refractivity contribution in [3.05, 3.63) is 47.2 Å². The molecule has 2 N–H and O–H groups in total. The molecule has 10 heteroatoms. The van der Waals surface area contributed by atoms with Crippen molar-refractivity contribution in [2.45, 2.75) is 44.4 Å². The fourth-order valence-corrected chi connectivity index (χ4v) is 4.41. The lowest BCUT2D eigenvalue weighted by molar-refractivity contribution is -0.140. The van der Waals surface area contributed by atoms with Crippen molar-refractivity contribution >= 4 is 34.8 Å². The first-order valence-electron chi connectivity index (χ1n) is 10.8. The predicted molar refractivity (Wildman–Crippen MR) is 120 cm³/mol. The SMILES string of the molecule is C=Nc1[nH]c(C(F)(F)F)cc1/C(=C\C)c1nc(N2CCC(O)C2)c2c(C3CC3)cncc2n1. The zero-order chi connectivity index (χ0) is 23.3. The molecule has 0 radical (unpaired) electrons. The molecule has 2 aliphatic rings. The van der Waals surface area contributed by atoms with Gasteiger partial charge in [0.1, 0.15) is 17.3 Å². The molecular weight excluding hydrogens is 433 g/mol. The van der Waals surface area contributed by atoms with E-state index in [2.05, 4.69) is 21.7 Å². The average molecular weight is 456 g/mol. The fraction of sp³-hybridized carbons (Fsp3) is 0.391. The number of β-amino-alcohol motifs (C(OH)–C–C–N with tert-alkyl or cyclic N) is 1. The number of allylic oxidation sites excluding steroid dienone is 1. The van der Waals surface area contributed by atoms with Gasteiger partial charge in [-0.3, -0.25) is 4.98 Å². The number of rotatable bonds is 5. The number of nitrogens with zero attached hydrogens (tertiary/aromatic N) is 5. The van der Waals surface area contributed by atoms with E-state index in [1.807, 2.05) is 11.1 Å². The fourth-order valence-electron chi connectivity index (χ4n) is 4.41. The number of hydrogen-bond acceptors (Lipinski definition) is 6. The molecule has 1 saturated heterocycles. The Bertz CT molecular complexity index is 1260. The van der Waals surface area contributed by atoms with Crippen molar-refractivity contribution in [2.24, 2.45) is 4.99 Å². The zero-order valence-corrected chi connectivity index (χ0v) is 18.0. The van der Waals surface area contributed by atoms with E-state index < -0.39 is 18.0 Å². The number of pyridine rings is 1. The third-order valence-electron chi connectivity index (χ3n) is 6.18. The number of alkyl halides is 3. The second-order valence-corrected chi connectivity index (χ2v) is 8.46. The highest BCUT2D eigenvalue weighted by Gasteiger charge is 2.35. The standard InChI is InChI=1S/C23H23F3N6O/c1-3-14(15-8-18(23(24,25)26)30-20(15)27-2)21-29-17-10-28-9-16(12-4-5-12)19(17)22(31-21)32-7-6-13(33)11-32/h3,8-10,12-13,30,33H,2,4-7,11H2,1H3/b14-3+. The summed E-state index contributed by atoms with van der Waals surface area (Å²) in [5, 5.41) is 11.0. The van der Waals surface area contributed by atoms with Gasteiger partial charge in [0, 0.05) is 35.8 Å². The molecule has 1 aliphatic heterocycles. The summed E-state index contributed by atoms with van der Waals surface area (Å²) in [6.07, 6.45) is 2.92. The van der Waals surface area contributed by atoms with E-state index in [1.165, 1.54) is 0 Å². The number of fused-ring (bicyclic) bond motifs is 1. The minimum Gasteiger partial charge on any atom is -0.391 e. The maximum absolute atomic E-state index is 13.3. The smallest absolute Gasteiger partial charge is 0.391 e. The molecule has 1 atom stereocenters. The van der Waals surface area contributed by atoms with Crippen LogP contribution < -0.4 is 4.90 Å². The van der Waals surface area contributed by atoms with Gasteiger partial charge < -0.3 is 15.0 Å². The van der Waals surface area contributed by atoms with Crippen molar-refractivity contribution in [3.8, 4) is 0 Å². The van der Waals surface area contributed by atoms with Gasteiger partial charge >= 0.3 is 6.18 Å². The summed E-state index contributed by atoms with van der Waals surface area (Å²) in [6, 6.07) is 1.01. The van der Waals surface area contributed by atoms with Crippen LogP contribution in [0.4, 0.5) is 24.8 Å². The van der Waals surface area contributed by atoms with Crippen molar-refractivity contribution in [1.82, 2.24) is 19.9 Å². The first-order chi connectivity index (χ1) is 15.8. The van der Waals surface area contributed by atoms with Gasteiger partial charge in [-0.05, 0) is 50.5 Å². The monoisotopic (exact) mass is 456 g/mol. The minimum atomic E-state index is -4.55. The van der Waals surface area contributed by atoms with Gasteiger partial charge in [-0.25, -0.2) is 15.0 Å². The Morgan fingerprint density at radius 1 is 1.27 bits per heavy atom. The third-order valence-corrected chi connectivity index (χ3v) is 6.18. The second kappa shape index (κ2) is 7.95. The maximum Gasteiger partial charge on any atom is 0.431 e.